The molecular formula is C22H24F3N5. The van der Waals surface area contributed by atoms with E-state index in [1.807, 2.05) is 35.0 Å². The molecule has 1 aromatic heterocycles. The first-order chi connectivity index (χ1) is 14.4. The van der Waals surface area contributed by atoms with Gasteiger partial charge in [-0.15, -0.1) is 0 Å². The van der Waals surface area contributed by atoms with Gasteiger partial charge < -0.3 is 15.2 Å². The number of hydrogen-bond donors (Lipinski definition) is 2. The molecule has 0 saturated heterocycles. The fraction of sp³-hybridized carbons (Fsp3) is 0.273. The lowest BCUT2D eigenvalue weighted by molar-refractivity contribution is -0.132. The molecule has 0 unspecified atom stereocenters. The van der Waals surface area contributed by atoms with Crippen LogP contribution in [0.3, 0.4) is 0 Å². The van der Waals surface area contributed by atoms with Crippen LogP contribution < -0.4 is 10.6 Å². The number of nitrogens with one attached hydrogen (secondary N) is 2. The van der Waals surface area contributed by atoms with Crippen molar-refractivity contribution in [1.82, 2.24) is 20.2 Å². The van der Waals surface area contributed by atoms with Gasteiger partial charge in [-0.05, 0) is 22.3 Å². The number of hydrogen-bond acceptors (Lipinski definition) is 2. The van der Waals surface area contributed by atoms with Crippen LogP contribution in [0.25, 0.3) is 11.1 Å². The van der Waals surface area contributed by atoms with Crippen molar-refractivity contribution in [1.29, 1.82) is 0 Å². The molecule has 3 rings (SSSR count). The number of alkyl halides is 3. The fourth-order valence-corrected chi connectivity index (χ4v) is 3.06. The molecule has 8 heteroatoms. The van der Waals surface area contributed by atoms with Crippen LogP contribution in [0.4, 0.5) is 13.2 Å². The summed E-state index contributed by atoms with van der Waals surface area (Å²) < 4.78 is 39.0. The normalized spacial score (nSPS) is 12.1. The highest BCUT2D eigenvalue weighted by atomic mass is 19.4. The van der Waals surface area contributed by atoms with Crippen molar-refractivity contribution in [3.63, 3.8) is 0 Å². The second kappa shape index (κ2) is 9.96. The first kappa shape index (κ1) is 21.4. The SMILES string of the molecule is CN=C(NCCC(F)(F)F)NCc1ccccc1-c1ccc(Cn2ccnc2)cc1. The molecule has 5 nitrogen and oxygen atoms in total. The van der Waals surface area contributed by atoms with Crippen LogP contribution in [-0.4, -0.2) is 35.3 Å². The highest BCUT2D eigenvalue weighted by Crippen LogP contribution is 2.24. The van der Waals surface area contributed by atoms with Gasteiger partial charge in [0.25, 0.3) is 0 Å². The van der Waals surface area contributed by atoms with Crippen molar-refractivity contribution in [3.8, 4) is 11.1 Å². The first-order valence-electron chi connectivity index (χ1n) is 9.59. The molecule has 2 aromatic carbocycles. The third-order valence-corrected chi connectivity index (χ3v) is 4.58. The average molecular weight is 415 g/mol. The van der Waals surface area contributed by atoms with Gasteiger partial charge in [0.15, 0.2) is 5.96 Å². The summed E-state index contributed by atoms with van der Waals surface area (Å²) in [5.74, 6) is 0.338. The minimum atomic E-state index is -4.19. The van der Waals surface area contributed by atoms with Crippen LogP contribution in [0, 0.1) is 0 Å². The van der Waals surface area contributed by atoms with Crippen molar-refractivity contribution in [2.45, 2.75) is 25.7 Å². The summed E-state index contributed by atoms with van der Waals surface area (Å²) >= 11 is 0. The maximum absolute atomic E-state index is 12.3. The Morgan fingerprint density at radius 3 is 2.50 bits per heavy atom. The van der Waals surface area contributed by atoms with Gasteiger partial charge in [0, 0.05) is 39.1 Å². The quantitative estimate of drug-likeness (QED) is 0.449. The van der Waals surface area contributed by atoms with Gasteiger partial charge in [-0.2, -0.15) is 13.2 Å². The molecule has 0 aliphatic rings. The van der Waals surface area contributed by atoms with Crippen molar-refractivity contribution in [2.24, 2.45) is 4.99 Å². The van der Waals surface area contributed by atoms with E-state index in [4.69, 9.17) is 0 Å². The summed E-state index contributed by atoms with van der Waals surface area (Å²) in [6.07, 6.45) is 0.358. The summed E-state index contributed by atoms with van der Waals surface area (Å²) in [6.45, 7) is 0.977. The second-order valence-electron chi connectivity index (χ2n) is 6.81. The smallest absolute Gasteiger partial charge is 0.356 e. The van der Waals surface area contributed by atoms with Crippen molar-refractivity contribution >= 4 is 5.96 Å². The Balaban J connectivity index is 1.64. The number of halogens is 3. The molecule has 0 aliphatic carbocycles. The number of aromatic nitrogens is 2. The molecule has 1 heterocycles. The zero-order chi connectivity index (χ0) is 21.4. The number of rotatable bonds is 7. The molecule has 0 atom stereocenters. The lowest BCUT2D eigenvalue weighted by Gasteiger charge is -2.15. The van der Waals surface area contributed by atoms with E-state index in [9.17, 15) is 13.2 Å². The predicted octanol–water partition coefficient (Wildman–Crippen LogP) is 4.22. The van der Waals surface area contributed by atoms with Crippen LogP contribution in [0.5, 0.6) is 0 Å². The molecule has 2 N–H and O–H groups in total. The maximum Gasteiger partial charge on any atom is 0.390 e. The molecule has 0 spiro atoms. The predicted molar refractivity (Wildman–Crippen MR) is 112 cm³/mol. The molecule has 30 heavy (non-hydrogen) atoms. The van der Waals surface area contributed by atoms with Crippen LogP contribution in [-0.2, 0) is 13.1 Å². The maximum atomic E-state index is 12.3. The Morgan fingerprint density at radius 1 is 1.07 bits per heavy atom. The molecular weight excluding hydrogens is 391 g/mol. The third kappa shape index (κ3) is 6.37. The Bertz CT molecular complexity index is 948. The summed E-state index contributed by atoms with van der Waals surface area (Å²) in [5.41, 5.74) is 4.33. The van der Waals surface area contributed by atoms with Gasteiger partial charge in [-0.3, -0.25) is 4.99 Å². The Hall–Kier alpha value is -3.29. The van der Waals surface area contributed by atoms with E-state index in [0.717, 1.165) is 23.2 Å². The summed E-state index contributed by atoms with van der Waals surface area (Å²) in [5, 5.41) is 5.78. The van der Waals surface area contributed by atoms with E-state index in [0.29, 0.717) is 12.5 Å². The van der Waals surface area contributed by atoms with E-state index in [1.54, 1.807) is 12.5 Å². The Morgan fingerprint density at radius 2 is 1.83 bits per heavy atom. The van der Waals surface area contributed by atoms with Crippen LogP contribution in [0.2, 0.25) is 0 Å². The minimum absolute atomic E-state index is 0.219. The van der Waals surface area contributed by atoms with E-state index < -0.39 is 12.6 Å². The van der Waals surface area contributed by atoms with Gasteiger partial charge in [0.05, 0.1) is 12.7 Å². The van der Waals surface area contributed by atoms with Crippen LogP contribution >= 0.6 is 0 Å². The van der Waals surface area contributed by atoms with Crippen LogP contribution in [0.1, 0.15) is 17.5 Å². The summed E-state index contributed by atoms with van der Waals surface area (Å²) in [6, 6.07) is 16.2. The van der Waals surface area contributed by atoms with Gasteiger partial charge >= 0.3 is 6.18 Å². The largest absolute Gasteiger partial charge is 0.390 e. The zero-order valence-corrected chi connectivity index (χ0v) is 16.7. The Kier molecular flexibility index (Phi) is 7.11. The van der Waals surface area contributed by atoms with Crippen molar-refractivity contribution in [2.75, 3.05) is 13.6 Å². The van der Waals surface area contributed by atoms with E-state index >= 15 is 0 Å². The lowest BCUT2D eigenvalue weighted by Crippen LogP contribution is -2.38. The zero-order valence-electron chi connectivity index (χ0n) is 16.7. The van der Waals surface area contributed by atoms with Gasteiger partial charge in [-0.25, -0.2) is 4.98 Å². The van der Waals surface area contributed by atoms with Crippen molar-refractivity contribution < 1.29 is 13.2 Å². The fourth-order valence-electron chi connectivity index (χ4n) is 3.06. The van der Waals surface area contributed by atoms with Gasteiger partial charge in [-0.1, -0.05) is 48.5 Å². The standard InChI is InChI=1S/C22H24F3N5/c1-26-21(28-11-10-22(23,24)25)29-14-19-4-2-3-5-20(19)18-8-6-17(7-9-18)15-30-13-12-27-16-30/h2-9,12-13,16H,10-11,14-15H2,1H3,(H2,26,28,29). The minimum Gasteiger partial charge on any atom is -0.356 e. The van der Waals surface area contributed by atoms with E-state index in [-0.39, 0.29) is 6.54 Å². The summed E-state index contributed by atoms with van der Waals surface area (Å²) in [7, 11) is 1.54. The number of nitrogens with zero attached hydrogens (tertiary/aromatic N) is 3. The first-order valence-corrected chi connectivity index (χ1v) is 9.59. The molecule has 0 amide bonds. The number of guanidine groups is 1. The van der Waals surface area contributed by atoms with E-state index in [2.05, 4.69) is 44.9 Å². The molecule has 0 saturated carbocycles. The molecule has 0 bridgehead atoms. The average Bonchev–Trinajstić information content (AvgIpc) is 3.24. The van der Waals surface area contributed by atoms with Crippen molar-refractivity contribution in [3.05, 3.63) is 78.4 Å². The molecule has 0 aliphatic heterocycles. The van der Waals surface area contributed by atoms with Gasteiger partial charge in [0.2, 0.25) is 0 Å². The topological polar surface area (TPSA) is 54.2 Å². The third-order valence-electron chi connectivity index (χ3n) is 4.58. The molecule has 0 fully saturated rings. The van der Waals surface area contributed by atoms with Gasteiger partial charge in [0.1, 0.15) is 0 Å². The molecule has 3 aromatic rings. The highest BCUT2D eigenvalue weighted by Gasteiger charge is 2.26. The monoisotopic (exact) mass is 415 g/mol. The number of benzene rings is 2. The molecule has 158 valence electrons. The summed E-state index contributed by atoms with van der Waals surface area (Å²) in [4.78, 5) is 8.04. The van der Waals surface area contributed by atoms with Crippen LogP contribution in [0.15, 0.2) is 72.2 Å². The molecule has 0 radical (unpaired) electrons. The second-order valence-corrected chi connectivity index (χ2v) is 6.81. The lowest BCUT2D eigenvalue weighted by atomic mass is 9.98. The van der Waals surface area contributed by atoms with E-state index in [1.165, 1.54) is 12.6 Å². The Labute approximate surface area is 173 Å². The highest BCUT2D eigenvalue weighted by molar-refractivity contribution is 5.80. The number of aliphatic imine (C=N–C) groups is 1. The number of imidazole rings is 1.